The van der Waals surface area contributed by atoms with Crippen LogP contribution >= 0.6 is 0 Å². The van der Waals surface area contributed by atoms with E-state index in [1.807, 2.05) is 66.4 Å². The van der Waals surface area contributed by atoms with Crippen molar-refractivity contribution in [1.82, 2.24) is 4.98 Å². The molecule has 3 aliphatic rings. The quantitative estimate of drug-likeness (QED) is 0.344. The van der Waals surface area contributed by atoms with E-state index in [9.17, 15) is 14.4 Å². The number of anilines is 2. The van der Waals surface area contributed by atoms with E-state index in [4.69, 9.17) is 4.74 Å². The number of hydrogen-bond acceptors (Lipinski definition) is 6. The van der Waals surface area contributed by atoms with Gasteiger partial charge in [-0.15, -0.1) is 0 Å². The highest BCUT2D eigenvalue weighted by molar-refractivity contribution is 6.18. The number of rotatable bonds is 5. The Morgan fingerprint density at radius 3 is 2.39 bits per heavy atom. The van der Waals surface area contributed by atoms with Crippen LogP contribution in [0.5, 0.6) is 5.75 Å². The normalized spacial score (nSPS) is 23.8. The summed E-state index contributed by atoms with van der Waals surface area (Å²) in [7, 11) is 1.57. The Morgan fingerprint density at radius 2 is 1.63 bits per heavy atom. The minimum Gasteiger partial charge on any atom is -0.497 e. The predicted molar refractivity (Wildman–Crippen MR) is 156 cm³/mol. The molecule has 4 atom stereocenters. The van der Waals surface area contributed by atoms with Crippen molar-refractivity contribution in [3.63, 3.8) is 0 Å². The molecule has 202 valence electrons. The number of benzene rings is 3. The van der Waals surface area contributed by atoms with Crippen LogP contribution in [-0.4, -0.2) is 41.7 Å². The van der Waals surface area contributed by atoms with E-state index in [1.165, 1.54) is 0 Å². The average Bonchev–Trinajstić information content (AvgIpc) is 3.49. The number of Topliss-reactive ketones (excluding diaryl/α,β-unsaturated/α-hetero) is 2. The number of aromatic nitrogens is 1. The molecule has 1 spiro atoms. The molecule has 0 aliphatic carbocycles. The molecule has 3 aromatic carbocycles. The topological polar surface area (TPSA) is 88.6 Å². The first-order chi connectivity index (χ1) is 20.0. The minimum absolute atomic E-state index is 0.218. The molecule has 1 aromatic heterocycles. The minimum atomic E-state index is -1.37. The predicted octanol–water partition coefficient (Wildman–Crippen LogP) is 5.34. The Hall–Kier alpha value is -5.04. The maximum absolute atomic E-state index is 14.7. The Morgan fingerprint density at radius 1 is 0.902 bits per heavy atom. The molecular weight excluding hydrogens is 514 g/mol. The lowest BCUT2D eigenvalue weighted by atomic mass is 9.64. The highest BCUT2D eigenvalue weighted by Crippen LogP contribution is 2.58. The van der Waals surface area contributed by atoms with Gasteiger partial charge in [-0.05, 0) is 66.6 Å². The second kappa shape index (κ2) is 9.27. The number of hydrogen-bond donors (Lipinski definition) is 1. The van der Waals surface area contributed by atoms with Crippen LogP contribution in [0, 0.1) is 5.92 Å². The molecule has 4 heterocycles. The Labute approximate surface area is 237 Å². The molecule has 1 amide bonds. The SMILES string of the molecule is COc1ccc(C(=O)[C@@H]2[C@H](C(=O)c3ccccn3)[C@]3(C(=O)Nc4ccccc43)[C@@H]3C=C(C)c4ccccc4N23)cc1. The number of para-hydroxylation sites is 2. The van der Waals surface area contributed by atoms with Crippen LogP contribution in [-0.2, 0) is 10.2 Å². The number of amides is 1. The Balaban J connectivity index is 1.54. The summed E-state index contributed by atoms with van der Waals surface area (Å²) < 4.78 is 5.32. The molecule has 7 rings (SSSR count). The summed E-state index contributed by atoms with van der Waals surface area (Å²) in [5.41, 5.74) is 3.41. The fourth-order valence-electron chi connectivity index (χ4n) is 6.98. The molecule has 7 nitrogen and oxygen atoms in total. The van der Waals surface area contributed by atoms with Crippen LogP contribution in [0.3, 0.4) is 0 Å². The van der Waals surface area contributed by atoms with E-state index in [-0.39, 0.29) is 23.2 Å². The average molecular weight is 542 g/mol. The van der Waals surface area contributed by atoms with Crippen molar-refractivity contribution in [3.8, 4) is 5.75 Å². The van der Waals surface area contributed by atoms with Gasteiger partial charge in [0.1, 0.15) is 22.9 Å². The van der Waals surface area contributed by atoms with Crippen molar-refractivity contribution < 1.29 is 19.1 Å². The third kappa shape index (κ3) is 3.45. The van der Waals surface area contributed by atoms with Gasteiger partial charge in [0, 0.05) is 28.7 Å². The van der Waals surface area contributed by atoms with Crippen molar-refractivity contribution in [2.24, 2.45) is 5.92 Å². The first-order valence-corrected chi connectivity index (χ1v) is 13.6. The number of ketones is 2. The van der Waals surface area contributed by atoms with Gasteiger partial charge in [0.2, 0.25) is 5.91 Å². The van der Waals surface area contributed by atoms with E-state index in [0.29, 0.717) is 22.6 Å². The van der Waals surface area contributed by atoms with E-state index in [2.05, 4.69) is 10.3 Å². The van der Waals surface area contributed by atoms with Crippen LogP contribution in [0.2, 0.25) is 0 Å². The van der Waals surface area contributed by atoms with Crippen molar-refractivity contribution >= 4 is 34.4 Å². The van der Waals surface area contributed by atoms with Gasteiger partial charge in [-0.2, -0.15) is 0 Å². The van der Waals surface area contributed by atoms with Gasteiger partial charge in [-0.25, -0.2) is 0 Å². The Bertz CT molecular complexity index is 1750. The number of carbonyl (C=O) groups is 3. The zero-order chi connectivity index (χ0) is 28.3. The third-order valence-corrected chi connectivity index (χ3v) is 8.73. The van der Waals surface area contributed by atoms with Gasteiger partial charge in [-0.1, -0.05) is 48.5 Å². The number of fused-ring (bicyclic) bond motifs is 6. The standard InChI is InChI=1S/C34H27N3O4/c1-20-19-28-34(24-10-4-5-11-25(24)36-33(34)40)29(32(39)26-12-7-8-18-35-26)30(37(28)27-13-6-3-9-23(20)27)31(38)21-14-16-22(41-2)17-15-21/h3-19,28-30H,1-2H3,(H,36,40)/t28-,29+,30-,34+/m0/s1. The molecule has 0 unspecified atom stereocenters. The van der Waals surface area contributed by atoms with Crippen LogP contribution in [0.15, 0.2) is 103 Å². The lowest BCUT2D eigenvalue weighted by Gasteiger charge is -2.39. The number of nitrogens with one attached hydrogen (secondary N) is 1. The second-order valence-electron chi connectivity index (χ2n) is 10.7. The fraction of sp³-hybridized carbons (Fsp3) is 0.176. The van der Waals surface area contributed by atoms with Gasteiger partial charge in [0.25, 0.3) is 0 Å². The number of pyridine rings is 1. The maximum Gasteiger partial charge on any atom is 0.238 e. The summed E-state index contributed by atoms with van der Waals surface area (Å²) in [6.07, 6.45) is 3.61. The van der Waals surface area contributed by atoms with Crippen LogP contribution in [0.25, 0.3) is 5.57 Å². The van der Waals surface area contributed by atoms with Gasteiger partial charge in [-0.3, -0.25) is 19.4 Å². The van der Waals surface area contributed by atoms with Gasteiger partial charge < -0.3 is 15.0 Å². The zero-order valence-electron chi connectivity index (χ0n) is 22.6. The van der Waals surface area contributed by atoms with Crippen molar-refractivity contribution in [3.05, 3.63) is 126 Å². The monoisotopic (exact) mass is 541 g/mol. The van der Waals surface area contributed by atoms with Crippen LogP contribution < -0.4 is 15.0 Å². The van der Waals surface area contributed by atoms with Crippen molar-refractivity contribution in [1.29, 1.82) is 0 Å². The van der Waals surface area contributed by atoms with Crippen molar-refractivity contribution in [2.75, 3.05) is 17.3 Å². The van der Waals surface area contributed by atoms with E-state index >= 15 is 0 Å². The number of methoxy groups -OCH3 is 1. The molecule has 1 saturated heterocycles. The molecule has 4 aromatic rings. The summed E-state index contributed by atoms with van der Waals surface area (Å²) in [5, 5.41) is 3.06. The number of ether oxygens (including phenoxy) is 1. The Kier molecular flexibility index (Phi) is 5.64. The van der Waals surface area contributed by atoms with Gasteiger partial charge in [0.15, 0.2) is 11.6 Å². The number of allylic oxidation sites excluding steroid dienone is 1. The summed E-state index contributed by atoms with van der Waals surface area (Å²) in [6.45, 7) is 2.01. The fourth-order valence-corrected chi connectivity index (χ4v) is 6.98. The van der Waals surface area contributed by atoms with Gasteiger partial charge >= 0.3 is 0 Å². The van der Waals surface area contributed by atoms with Crippen LogP contribution in [0.4, 0.5) is 11.4 Å². The number of carbonyl (C=O) groups excluding carboxylic acids is 3. The molecule has 0 saturated carbocycles. The van der Waals surface area contributed by atoms with E-state index in [1.54, 1.807) is 55.8 Å². The smallest absolute Gasteiger partial charge is 0.238 e. The molecular formula is C34H27N3O4. The summed E-state index contributed by atoms with van der Waals surface area (Å²) in [4.78, 5) is 50.2. The molecule has 1 fully saturated rings. The van der Waals surface area contributed by atoms with Crippen LogP contribution in [0.1, 0.15) is 38.9 Å². The highest BCUT2D eigenvalue weighted by atomic mass is 16.5. The highest BCUT2D eigenvalue weighted by Gasteiger charge is 2.70. The summed E-state index contributed by atoms with van der Waals surface area (Å²) in [5.74, 6) is -1.33. The molecule has 41 heavy (non-hydrogen) atoms. The van der Waals surface area contributed by atoms with Crippen molar-refractivity contribution in [2.45, 2.75) is 24.4 Å². The number of nitrogens with zero attached hydrogens (tertiary/aromatic N) is 2. The first kappa shape index (κ1) is 25.0. The lowest BCUT2D eigenvalue weighted by Crippen LogP contribution is -2.51. The summed E-state index contributed by atoms with van der Waals surface area (Å²) >= 11 is 0. The molecule has 0 radical (unpaired) electrons. The zero-order valence-corrected chi connectivity index (χ0v) is 22.6. The van der Waals surface area contributed by atoms with Gasteiger partial charge in [0.05, 0.1) is 19.1 Å². The largest absolute Gasteiger partial charge is 0.497 e. The van der Waals surface area contributed by atoms with E-state index in [0.717, 1.165) is 16.8 Å². The molecule has 3 aliphatic heterocycles. The first-order valence-electron chi connectivity index (χ1n) is 13.6. The van der Waals surface area contributed by atoms with E-state index < -0.39 is 23.4 Å². The summed E-state index contributed by atoms with van der Waals surface area (Å²) in [6, 6.07) is 25.8. The lowest BCUT2D eigenvalue weighted by molar-refractivity contribution is -0.121. The molecule has 0 bridgehead atoms. The third-order valence-electron chi connectivity index (χ3n) is 8.73. The molecule has 1 N–H and O–H groups in total. The second-order valence-corrected chi connectivity index (χ2v) is 10.7. The molecule has 7 heteroatoms. The maximum atomic E-state index is 14.7.